The van der Waals surface area contributed by atoms with E-state index in [-0.39, 0.29) is 13.2 Å². The maximum atomic E-state index is 8.91. The zero-order valence-electron chi connectivity index (χ0n) is 11.9. The minimum Gasteiger partial charge on any atom is -0.493 e. The largest absolute Gasteiger partial charge is 0.493 e. The number of rotatable bonds is 9. The van der Waals surface area contributed by atoms with Crippen LogP contribution in [-0.4, -0.2) is 54.6 Å². The lowest BCUT2D eigenvalue weighted by Gasteiger charge is -2.20. The number of hydrogen-bond donors (Lipinski definition) is 2. The van der Waals surface area contributed by atoms with Crippen molar-refractivity contribution in [3.63, 3.8) is 0 Å². The molecule has 0 aromatic heterocycles. The Morgan fingerprint density at radius 3 is 2.37 bits per heavy atom. The highest BCUT2D eigenvalue weighted by atomic mass is 16.5. The molecule has 108 valence electrons. The van der Waals surface area contributed by atoms with Gasteiger partial charge in [-0.2, -0.15) is 0 Å². The summed E-state index contributed by atoms with van der Waals surface area (Å²) in [5.41, 5.74) is 2.34. The summed E-state index contributed by atoms with van der Waals surface area (Å²) in [4.78, 5) is 2.03. The predicted octanol–water partition coefficient (Wildman–Crippen LogP) is 1.36. The standard InChI is InChI=1S/C15H25NO3/c1-13-4-5-14(2)15(12-13)19-11-3-6-16(7-9-17)8-10-18/h4-5,12,17-18H,3,6-11H2,1-2H3. The lowest BCUT2D eigenvalue weighted by Crippen LogP contribution is -2.31. The van der Waals surface area contributed by atoms with Crippen molar-refractivity contribution < 1.29 is 14.9 Å². The number of aliphatic hydroxyl groups excluding tert-OH is 2. The van der Waals surface area contributed by atoms with E-state index in [1.165, 1.54) is 5.56 Å². The third-order valence-electron chi connectivity index (χ3n) is 3.05. The maximum absolute atomic E-state index is 8.91. The van der Waals surface area contributed by atoms with Crippen LogP contribution in [0.1, 0.15) is 17.5 Å². The van der Waals surface area contributed by atoms with Gasteiger partial charge in [-0.3, -0.25) is 4.90 Å². The second-order valence-electron chi connectivity index (χ2n) is 4.76. The van der Waals surface area contributed by atoms with Gasteiger partial charge in [-0.15, -0.1) is 0 Å². The minimum absolute atomic E-state index is 0.123. The Bertz CT molecular complexity index is 362. The fourth-order valence-corrected chi connectivity index (χ4v) is 1.95. The van der Waals surface area contributed by atoms with Gasteiger partial charge in [0.1, 0.15) is 5.75 Å². The second kappa shape index (κ2) is 8.91. The molecule has 0 fully saturated rings. The topological polar surface area (TPSA) is 52.9 Å². The summed E-state index contributed by atoms with van der Waals surface area (Å²) in [5.74, 6) is 0.941. The van der Waals surface area contributed by atoms with Crippen LogP contribution in [0.25, 0.3) is 0 Å². The van der Waals surface area contributed by atoms with Crippen molar-refractivity contribution in [3.8, 4) is 5.75 Å². The molecule has 0 heterocycles. The molecule has 1 aromatic carbocycles. The third kappa shape index (κ3) is 6.05. The molecule has 0 aliphatic heterocycles. The van der Waals surface area contributed by atoms with Gasteiger partial charge in [-0.1, -0.05) is 12.1 Å². The van der Waals surface area contributed by atoms with Gasteiger partial charge in [-0.05, 0) is 37.5 Å². The zero-order valence-corrected chi connectivity index (χ0v) is 11.9. The number of ether oxygens (including phenoxy) is 1. The van der Waals surface area contributed by atoms with Crippen LogP contribution < -0.4 is 4.74 Å². The Balaban J connectivity index is 2.31. The van der Waals surface area contributed by atoms with Crippen LogP contribution in [-0.2, 0) is 0 Å². The lowest BCUT2D eigenvalue weighted by atomic mass is 10.1. The van der Waals surface area contributed by atoms with Crippen molar-refractivity contribution in [1.82, 2.24) is 4.90 Å². The van der Waals surface area contributed by atoms with Crippen LogP contribution in [0.15, 0.2) is 18.2 Å². The molecule has 0 aliphatic carbocycles. The Labute approximate surface area is 115 Å². The number of benzene rings is 1. The van der Waals surface area contributed by atoms with E-state index in [1.807, 2.05) is 11.8 Å². The van der Waals surface area contributed by atoms with E-state index in [0.717, 1.165) is 24.3 Å². The van der Waals surface area contributed by atoms with Crippen LogP contribution in [0, 0.1) is 13.8 Å². The number of aryl methyl sites for hydroxylation is 2. The number of nitrogens with zero attached hydrogens (tertiary/aromatic N) is 1. The molecule has 4 nitrogen and oxygen atoms in total. The van der Waals surface area contributed by atoms with Gasteiger partial charge in [0.2, 0.25) is 0 Å². The van der Waals surface area contributed by atoms with E-state index in [9.17, 15) is 0 Å². The Kier molecular flexibility index (Phi) is 7.48. The Morgan fingerprint density at radius 1 is 1.05 bits per heavy atom. The van der Waals surface area contributed by atoms with Crippen LogP contribution in [0.4, 0.5) is 0 Å². The van der Waals surface area contributed by atoms with Gasteiger partial charge in [0.05, 0.1) is 19.8 Å². The highest BCUT2D eigenvalue weighted by molar-refractivity contribution is 5.35. The molecule has 0 saturated heterocycles. The summed E-state index contributed by atoms with van der Waals surface area (Å²) in [6.45, 7) is 7.02. The molecular weight excluding hydrogens is 242 g/mol. The Hall–Kier alpha value is -1.10. The van der Waals surface area contributed by atoms with Crippen LogP contribution in [0.5, 0.6) is 5.75 Å². The molecule has 1 aromatic rings. The van der Waals surface area contributed by atoms with E-state index in [4.69, 9.17) is 14.9 Å². The van der Waals surface area contributed by atoms with Gasteiger partial charge in [0.25, 0.3) is 0 Å². The molecule has 19 heavy (non-hydrogen) atoms. The molecule has 0 radical (unpaired) electrons. The highest BCUT2D eigenvalue weighted by Crippen LogP contribution is 2.19. The fraction of sp³-hybridized carbons (Fsp3) is 0.600. The first kappa shape index (κ1) is 16.0. The second-order valence-corrected chi connectivity index (χ2v) is 4.76. The highest BCUT2D eigenvalue weighted by Gasteiger charge is 2.04. The predicted molar refractivity (Wildman–Crippen MR) is 76.6 cm³/mol. The third-order valence-corrected chi connectivity index (χ3v) is 3.05. The van der Waals surface area contributed by atoms with Crippen molar-refractivity contribution in [2.24, 2.45) is 0 Å². The molecule has 0 aliphatic rings. The first-order valence-electron chi connectivity index (χ1n) is 6.81. The van der Waals surface area contributed by atoms with Gasteiger partial charge in [-0.25, -0.2) is 0 Å². The molecule has 0 amide bonds. The number of aliphatic hydroxyl groups is 2. The van der Waals surface area contributed by atoms with Crippen molar-refractivity contribution >= 4 is 0 Å². The average molecular weight is 267 g/mol. The van der Waals surface area contributed by atoms with Crippen molar-refractivity contribution in [3.05, 3.63) is 29.3 Å². The van der Waals surface area contributed by atoms with Crippen molar-refractivity contribution in [1.29, 1.82) is 0 Å². The van der Waals surface area contributed by atoms with Gasteiger partial charge in [0.15, 0.2) is 0 Å². The zero-order chi connectivity index (χ0) is 14.1. The SMILES string of the molecule is Cc1ccc(C)c(OCCCN(CCO)CCO)c1. The summed E-state index contributed by atoms with van der Waals surface area (Å²) in [5, 5.41) is 17.8. The van der Waals surface area contributed by atoms with E-state index in [2.05, 4.69) is 25.1 Å². The first-order chi connectivity index (χ1) is 9.17. The Morgan fingerprint density at radius 2 is 1.74 bits per heavy atom. The summed E-state index contributed by atoms with van der Waals surface area (Å²) in [6.07, 6.45) is 0.882. The number of hydrogen-bond acceptors (Lipinski definition) is 4. The molecule has 4 heteroatoms. The van der Waals surface area contributed by atoms with Crippen molar-refractivity contribution in [2.45, 2.75) is 20.3 Å². The normalized spacial score (nSPS) is 11.0. The van der Waals surface area contributed by atoms with Gasteiger partial charge >= 0.3 is 0 Å². The van der Waals surface area contributed by atoms with Crippen LogP contribution in [0.2, 0.25) is 0 Å². The minimum atomic E-state index is 0.123. The van der Waals surface area contributed by atoms with Gasteiger partial charge < -0.3 is 14.9 Å². The molecule has 0 unspecified atom stereocenters. The summed E-state index contributed by atoms with van der Waals surface area (Å²) >= 11 is 0. The molecule has 2 N–H and O–H groups in total. The van der Waals surface area contributed by atoms with E-state index >= 15 is 0 Å². The maximum Gasteiger partial charge on any atom is 0.122 e. The molecule has 0 atom stereocenters. The average Bonchev–Trinajstić information content (AvgIpc) is 2.39. The lowest BCUT2D eigenvalue weighted by molar-refractivity contribution is 0.152. The molecule has 0 spiro atoms. The van der Waals surface area contributed by atoms with Crippen LogP contribution in [0.3, 0.4) is 0 Å². The molecular formula is C15H25NO3. The van der Waals surface area contributed by atoms with Crippen LogP contribution >= 0.6 is 0 Å². The van der Waals surface area contributed by atoms with E-state index < -0.39 is 0 Å². The summed E-state index contributed by atoms with van der Waals surface area (Å²) < 4.78 is 5.77. The smallest absolute Gasteiger partial charge is 0.122 e. The first-order valence-corrected chi connectivity index (χ1v) is 6.81. The molecule has 1 rings (SSSR count). The molecule has 0 bridgehead atoms. The molecule has 0 saturated carbocycles. The quantitative estimate of drug-likeness (QED) is 0.663. The monoisotopic (exact) mass is 267 g/mol. The summed E-state index contributed by atoms with van der Waals surface area (Å²) in [6, 6.07) is 6.19. The summed E-state index contributed by atoms with van der Waals surface area (Å²) in [7, 11) is 0. The van der Waals surface area contributed by atoms with Gasteiger partial charge in [0, 0.05) is 19.6 Å². The van der Waals surface area contributed by atoms with E-state index in [0.29, 0.717) is 19.7 Å². The van der Waals surface area contributed by atoms with E-state index in [1.54, 1.807) is 0 Å². The fourth-order valence-electron chi connectivity index (χ4n) is 1.95. The van der Waals surface area contributed by atoms with Crippen molar-refractivity contribution in [2.75, 3.05) is 39.5 Å².